The zero-order valence-corrected chi connectivity index (χ0v) is 17.7. The van der Waals surface area contributed by atoms with Gasteiger partial charge in [-0.05, 0) is 40.6 Å². The Labute approximate surface area is 180 Å². The number of nitrogens with one attached hydrogen (secondary N) is 1. The highest BCUT2D eigenvalue weighted by Crippen LogP contribution is 2.21. The Morgan fingerprint density at radius 1 is 1.00 bits per heavy atom. The van der Waals surface area contributed by atoms with Crippen molar-refractivity contribution in [3.05, 3.63) is 84.8 Å². The van der Waals surface area contributed by atoms with Crippen LogP contribution in [0.4, 0.5) is 5.82 Å². The first kappa shape index (κ1) is 20.7. The summed E-state index contributed by atoms with van der Waals surface area (Å²) in [5.41, 5.74) is 0.977. The number of sulfonamides is 1. The molecule has 0 fully saturated rings. The molecule has 1 N–H and O–H groups in total. The van der Waals surface area contributed by atoms with Crippen LogP contribution < -0.4 is 5.32 Å². The molecule has 0 aliphatic carbocycles. The van der Waals surface area contributed by atoms with E-state index in [0.717, 1.165) is 20.6 Å². The van der Waals surface area contributed by atoms with Crippen LogP contribution in [0.5, 0.6) is 0 Å². The first-order valence-electron chi connectivity index (χ1n) is 9.59. The molecule has 4 aromatic rings. The van der Waals surface area contributed by atoms with Crippen LogP contribution >= 0.6 is 0 Å². The number of carbonyl (C=O) groups is 1. The minimum atomic E-state index is -3.82. The Hall–Kier alpha value is -3.56. The number of likely N-dealkylation sites (N-methyl/N-ethyl adjacent to an activating group) is 1. The Kier molecular flexibility index (Phi) is 5.79. The average Bonchev–Trinajstić information content (AvgIpc) is 3.20. The van der Waals surface area contributed by atoms with Crippen LogP contribution in [0.25, 0.3) is 10.8 Å². The van der Waals surface area contributed by atoms with E-state index in [4.69, 9.17) is 0 Å². The molecule has 0 radical (unpaired) electrons. The zero-order chi connectivity index (χ0) is 21.8. The van der Waals surface area contributed by atoms with Crippen molar-refractivity contribution in [2.45, 2.75) is 11.4 Å². The van der Waals surface area contributed by atoms with Gasteiger partial charge in [0.05, 0.1) is 24.2 Å². The van der Waals surface area contributed by atoms with E-state index in [1.165, 1.54) is 7.05 Å². The molecule has 8 nitrogen and oxygen atoms in total. The van der Waals surface area contributed by atoms with Crippen LogP contribution in [0.1, 0.15) is 5.56 Å². The third kappa shape index (κ3) is 4.62. The summed E-state index contributed by atoms with van der Waals surface area (Å²) in [5.74, 6) is 0.0293. The summed E-state index contributed by atoms with van der Waals surface area (Å²) in [7, 11) is -2.43. The standard InChI is InChI=1S/C22H21N5O3S/c1-26(31(29,30)20-7-6-18-4-2-3-5-19(18)14-20)16-22(28)25-21-10-13-24-27(21)15-17-8-11-23-12-9-17/h2-14H,15-16H2,1H3,(H,25,28). The Bertz CT molecular complexity index is 1320. The van der Waals surface area contributed by atoms with Gasteiger partial charge < -0.3 is 5.32 Å². The lowest BCUT2D eigenvalue weighted by Crippen LogP contribution is -2.35. The van der Waals surface area contributed by atoms with Gasteiger partial charge in [0.15, 0.2) is 0 Å². The number of pyridine rings is 1. The predicted molar refractivity (Wildman–Crippen MR) is 118 cm³/mol. The van der Waals surface area contributed by atoms with Crippen molar-refractivity contribution < 1.29 is 13.2 Å². The molecule has 0 spiro atoms. The van der Waals surface area contributed by atoms with Crippen LogP contribution in [0.15, 0.2) is 84.1 Å². The zero-order valence-electron chi connectivity index (χ0n) is 16.8. The van der Waals surface area contributed by atoms with Gasteiger partial charge in [0.25, 0.3) is 0 Å². The lowest BCUT2D eigenvalue weighted by molar-refractivity contribution is -0.116. The second-order valence-corrected chi connectivity index (χ2v) is 9.09. The van der Waals surface area contributed by atoms with E-state index in [1.807, 2.05) is 36.4 Å². The highest BCUT2D eigenvalue weighted by atomic mass is 32.2. The summed E-state index contributed by atoms with van der Waals surface area (Å²) in [6, 6.07) is 17.8. The maximum Gasteiger partial charge on any atom is 0.243 e. The van der Waals surface area contributed by atoms with Gasteiger partial charge in [0.1, 0.15) is 5.82 Å². The SMILES string of the molecule is CN(CC(=O)Nc1ccnn1Cc1ccncc1)S(=O)(=O)c1ccc2ccccc2c1. The van der Waals surface area contributed by atoms with Crippen LogP contribution in [-0.2, 0) is 21.4 Å². The van der Waals surface area contributed by atoms with E-state index < -0.39 is 15.9 Å². The highest BCUT2D eigenvalue weighted by Gasteiger charge is 2.23. The van der Waals surface area contributed by atoms with Gasteiger partial charge in [-0.15, -0.1) is 0 Å². The second-order valence-electron chi connectivity index (χ2n) is 7.05. The molecule has 0 atom stereocenters. The Morgan fingerprint density at radius 3 is 2.52 bits per heavy atom. The van der Waals surface area contributed by atoms with Crippen molar-refractivity contribution in [1.82, 2.24) is 19.1 Å². The van der Waals surface area contributed by atoms with E-state index in [2.05, 4.69) is 15.4 Å². The highest BCUT2D eigenvalue weighted by molar-refractivity contribution is 7.89. The molecule has 0 saturated heterocycles. The first-order chi connectivity index (χ1) is 14.9. The molecule has 2 aromatic carbocycles. The number of fused-ring (bicyclic) bond motifs is 1. The molecule has 0 unspecified atom stereocenters. The average molecular weight is 436 g/mol. The molecule has 31 heavy (non-hydrogen) atoms. The number of anilines is 1. The summed E-state index contributed by atoms with van der Waals surface area (Å²) in [4.78, 5) is 16.7. The summed E-state index contributed by atoms with van der Waals surface area (Å²) < 4.78 is 28.6. The van der Waals surface area contributed by atoms with Gasteiger partial charge in [0, 0.05) is 25.5 Å². The van der Waals surface area contributed by atoms with E-state index in [-0.39, 0.29) is 11.4 Å². The molecule has 0 saturated carbocycles. The van der Waals surface area contributed by atoms with E-state index in [0.29, 0.717) is 12.4 Å². The summed E-state index contributed by atoms with van der Waals surface area (Å²) in [6.07, 6.45) is 4.94. The normalized spacial score (nSPS) is 11.7. The number of amides is 1. The van der Waals surface area contributed by atoms with Gasteiger partial charge in [0.2, 0.25) is 15.9 Å². The molecule has 4 rings (SSSR count). The first-order valence-corrected chi connectivity index (χ1v) is 11.0. The smallest absolute Gasteiger partial charge is 0.243 e. The molecule has 0 aliphatic rings. The lowest BCUT2D eigenvalue weighted by atomic mass is 10.1. The Morgan fingerprint density at radius 2 is 1.74 bits per heavy atom. The summed E-state index contributed by atoms with van der Waals surface area (Å²) in [6.45, 7) is 0.131. The molecule has 0 bridgehead atoms. The van der Waals surface area contributed by atoms with Gasteiger partial charge in [-0.3, -0.25) is 9.78 Å². The monoisotopic (exact) mass is 435 g/mol. The number of rotatable bonds is 7. The third-order valence-electron chi connectivity index (χ3n) is 4.86. The second kappa shape index (κ2) is 8.66. The van der Waals surface area contributed by atoms with Crippen molar-refractivity contribution in [3.63, 3.8) is 0 Å². The van der Waals surface area contributed by atoms with Gasteiger partial charge >= 0.3 is 0 Å². The molecule has 1 amide bonds. The van der Waals surface area contributed by atoms with Crippen molar-refractivity contribution >= 4 is 32.5 Å². The number of nitrogens with zero attached hydrogens (tertiary/aromatic N) is 4. The largest absolute Gasteiger partial charge is 0.310 e. The molecule has 2 aromatic heterocycles. The predicted octanol–water partition coefficient (Wildman–Crippen LogP) is 2.74. The van der Waals surface area contributed by atoms with Crippen molar-refractivity contribution in [1.29, 1.82) is 0 Å². The number of aromatic nitrogens is 3. The quantitative estimate of drug-likeness (QED) is 0.481. The van der Waals surface area contributed by atoms with E-state index >= 15 is 0 Å². The number of benzene rings is 2. The minimum absolute atomic E-state index is 0.143. The fourth-order valence-corrected chi connectivity index (χ4v) is 4.37. The Balaban J connectivity index is 1.45. The van der Waals surface area contributed by atoms with Gasteiger partial charge in [-0.25, -0.2) is 13.1 Å². The topological polar surface area (TPSA) is 97.2 Å². The van der Waals surface area contributed by atoms with E-state index in [9.17, 15) is 13.2 Å². The van der Waals surface area contributed by atoms with Crippen LogP contribution in [-0.4, -0.2) is 47.0 Å². The van der Waals surface area contributed by atoms with Crippen molar-refractivity contribution in [2.75, 3.05) is 18.9 Å². The van der Waals surface area contributed by atoms with Crippen LogP contribution in [0, 0.1) is 0 Å². The molecule has 0 aliphatic heterocycles. The number of hydrogen-bond acceptors (Lipinski definition) is 5. The van der Waals surface area contributed by atoms with E-state index in [1.54, 1.807) is 47.5 Å². The molecule has 158 valence electrons. The molecule has 2 heterocycles. The lowest BCUT2D eigenvalue weighted by Gasteiger charge is -2.17. The van der Waals surface area contributed by atoms with Crippen molar-refractivity contribution in [3.8, 4) is 0 Å². The maximum absolute atomic E-state index is 12.9. The maximum atomic E-state index is 12.9. The van der Waals surface area contributed by atoms with Gasteiger partial charge in [-0.1, -0.05) is 30.3 Å². The third-order valence-corrected chi connectivity index (χ3v) is 6.66. The summed E-state index contributed by atoms with van der Waals surface area (Å²) >= 11 is 0. The minimum Gasteiger partial charge on any atom is -0.310 e. The fraction of sp³-hybridized carbons (Fsp3) is 0.136. The van der Waals surface area contributed by atoms with Gasteiger partial charge in [-0.2, -0.15) is 9.40 Å². The summed E-state index contributed by atoms with van der Waals surface area (Å²) in [5, 5.41) is 8.72. The van der Waals surface area contributed by atoms with Crippen LogP contribution in [0.3, 0.4) is 0 Å². The fourth-order valence-electron chi connectivity index (χ4n) is 3.20. The number of hydrogen-bond donors (Lipinski definition) is 1. The number of carbonyl (C=O) groups excluding carboxylic acids is 1. The molecular weight excluding hydrogens is 414 g/mol. The van der Waals surface area contributed by atoms with Crippen LogP contribution in [0.2, 0.25) is 0 Å². The molecule has 9 heteroatoms. The molecular formula is C22H21N5O3S. The van der Waals surface area contributed by atoms with Crippen molar-refractivity contribution in [2.24, 2.45) is 0 Å².